The molecule has 9 aliphatic rings. The SMILES string of the molecule is CN(CCN(C)C(=O)OCc1ccc(O[C@@H]2OC[C@@H](O)[C@H](O)[C@H]2O)c(NC(=O)CCNC(=O)CBr)c1)C(=O)OCC(=O)[C@@]12O[C@H](c3ccc(CC45CC(N)(C4)C5)cc3)O[C@@H]1C[C@H]1[C@@H]3CCC4=CC(=O)C=C[C@]4(C)[C@H]3[C@@H](O)C[C@@]12C. The third-order valence-electron chi connectivity index (χ3n) is 18.6. The van der Waals surface area contributed by atoms with Gasteiger partial charge in [-0.15, -0.1) is 0 Å². The van der Waals surface area contributed by atoms with Crippen LogP contribution in [0.3, 0.4) is 0 Å². The van der Waals surface area contributed by atoms with Crippen LogP contribution in [0.15, 0.2) is 66.3 Å². The second kappa shape index (κ2) is 21.9. The Kier molecular flexibility index (Phi) is 15.8. The second-order valence-electron chi connectivity index (χ2n) is 23.9. The highest BCUT2D eigenvalue weighted by molar-refractivity contribution is 9.09. The summed E-state index contributed by atoms with van der Waals surface area (Å²) in [6.07, 6.45) is 1.32. The predicted molar refractivity (Wildman–Crippen MR) is 285 cm³/mol. The van der Waals surface area contributed by atoms with Gasteiger partial charge in [0.1, 0.15) is 30.7 Å². The van der Waals surface area contributed by atoms with Crippen molar-refractivity contribution < 1.29 is 77.6 Å². The van der Waals surface area contributed by atoms with E-state index in [-0.39, 0.29) is 103 Å². The monoisotopic (exact) mass is 1160 g/mol. The predicted octanol–water partition coefficient (Wildman–Crippen LogP) is 3.72. The maximum atomic E-state index is 15.1. The highest BCUT2D eigenvalue weighted by Crippen LogP contribution is 2.71. The number of nitrogens with two attached hydrogens (primary N) is 1. The Morgan fingerprint density at radius 3 is 2.29 bits per heavy atom. The normalized spacial score (nSPS) is 36.4. The number of carbonyl (C=O) groups excluding carboxylic acids is 6. The van der Waals surface area contributed by atoms with Crippen LogP contribution in [0.25, 0.3) is 0 Å². The van der Waals surface area contributed by atoms with E-state index in [1.165, 1.54) is 47.7 Å². The number of aliphatic hydroxyl groups excluding tert-OH is 4. The number of ether oxygens (including phenoxy) is 6. The summed E-state index contributed by atoms with van der Waals surface area (Å²) in [4.78, 5) is 81.6. The van der Waals surface area contributed by atoms with Crippen molar-refractivity contribution in [2.24, 2.45) is 39.7 Å². The van der Waals surface area contributed by atoms with Gasteiger partial charge >= 0.3 is 12.2 Å². The number of hydrogen-bond donors (Lipinski definition) is 7. The van der Waals surface area contributed by atoms with Crippen LogP contribution in [0, 0.1) is 34.0 Å². The molecular formula is C57H72BrN5O16. The van der Waals surface area contributed by atoms with Crippen LogP contribution in [0.5, 0.6) is 5.75 Å². The third kappa shape index (κ3) is 10.7. The van der Waals surface area contributed by atoms with Gasteiger partial charge in [-0.25, -0.2) is 9.59 Å². The molecule has 6 saturated carbocycles. The molecule has 2 heterocycles. The van der Waals surface area contributed by atoms with Gasteiger partial charge in [0.25, 0.3) is 0 Å². The average molecular weight is 1160 g/mol. The van der Waals surface area contributed by atoms with E-state index in [1.807, 2.05) is 25.1 Å². The number of allylic oxidation sites excluding steroid dienone is 4. The first kappa shape index (κ1) is 57.0. The van der Waals surface area contributed by atoms with Crippen LogP contribution in [0.1, 0.15) is 88.2 Å². The summed E-state index contributed by atoms with van der Waals surface area (Å²) < 4.78 is 36.3. The molecule has 22 heteroatoms. The smallest absolute Gasteiger partial charge is 0.409 e. The van der Waals surface area contributed by atoms with Crippen LogP contribution >= 0.6 is 15.9 Å². The summed E-state index contributed by atoms with van der Waals surface area (Å²) in [5.74, 6) is -1.66. The van der Waals surface area contributed by atoms with E-state index >= 15 is 4.79 Å². The van der Waals surface area contributed by atoms with Gasteiger partial charge in [-0.05, 0) is 104 Å². The summed E-state index contributed by atoms with van der Waals surface area (Å²) in [5, 5.41) is 48.2. The Labute approximate surface area is 466 Å². The van der Waals surface area contributed by atoms with Gasteiger partial charge < -0.3 is 75.0 Å². The molecule has 0 aromatic heterocycles. The molecule has 0 unspecified atom stereocenters. The molecule has 2 aromatic rings. The number of rotatable bonds is 18. The minimum Gasteiger partial charge on any atom is -0.460 e. The lowest BCUT2D eigenvalue weighted by Crippen LogP contribution is -2.72. The van der Waals surface area contributed by atoms with E-state index < -0.39 is 90.0 Å². The maximum Gasteiger partial charge on any atom is 0.409 e. The van der Waals surface area contributed by atoms with Crippen LogP contribution in [-0.4, -0.2) is 166 Å². The summed E-state index contributed by atoms with van der Waals surface area (Å²) in [7, 11) is 2.95. The van der Waals surface area contributed by atoms with Gasteiger partial charge in [0, 0.05) is 68.0 Å². The summed E-state index contributed by atoms with van der Waals surface area (Å²) in [5.41, 5.74) is 7.05. The number of amides is 4. The fourth-order valence-corrected chi connectivity index (χ4v) is 14.9. The van der Waals surface area contributed by atoms with Crippen LogP contribution in [0.4, 0.5) is 15.3 Å². The number of anilines is 1. The first-order valence-electron chi connectivity index (χ1n) is 27.2. The molecule has 2 aliphatic heterocycles. The largest absolute Gasteiger partial charge is 0.460 e. The molecular weight excluding hydrogens is 1090 g/mol. The number of hydrogen-bond acceptors (Lipinski definition) is 17. The van der Waals surface area contributed by atoms with Crippen molar-refractivity contribution in [3.8, 4) is 5.75 Å². The van der Waals surface area contributed by atoms with Gasteiger partial charge in [0.15, 0.2) is 24.3 Å². The molecule has 21 nitrogen and oxygen atoms in total. The van der Waals surface area contributed by atoms with Crippen molar-refractivity contribution in [1.82, 2.24) is 15.1 Å². The number of nitrogens with zero attached hydrogens (tertiary/aromatic N) is 2. The summed E-state index contributed by atoms with van der Waals surface area (Å²) in [6, 6.07) is 12.6. The van der Waals surface area contributed by atoms with Crippen molar-refractivity contribution in [3.63, 3.8) is 0 Å². The first-order chi connectivity index (χ1) is 37.5. The molecule has 428 valence electrons. The molecule has 0 spiro atoms. The van der Waals surface area contributed by atoms with E-state index in [2.05, 4.69) is 45.6 Å². The lowest BCUT2D eigenvalue weighted by Gasteiger charge is -2.69. The number of benzene rings is 2. The van der Waals surface area contributed by atoms with Crippen LogP contribution < -0.4 is 21.1 Å². The van der Waals surface area contributed by atoms with Crippen LogP contribution in [0.2, 0.25) is 0 Å². The number of halogens is 1. The molecule has 4 amide bonds. The summed E-state index contributed by atoms with van der Waals surface area (Å²) in [6.45, 7) is 2.88. The quantitative estimate of drug-likeness (QED) is 0.105. The van der Waals surface area contributed by atoms with Crippen molar-refractivity contribution in [2.45, 2.75) is 132 Å². The highest BCUT2D eigenvalue weighted by Gasteiger charge is 2.76. The molecule has 13 atom stereocenters. The van der Waals surface area contributed by atoms with Gasteiger partial charge in [0.2, 0.25) is 23.9 Å². The zero-order valence-corrected chi connectivity index (χ0v) is 46.5. The zero-order valence-electron chi connectivity index (χ0n) is 44.9. The number of aliphatic hydroxyl groups is 4. The molecule has 79 heavy (non-hydrogen) atoms. The van der Waals surface area contributed by atoms with Crippen molar-refractivity contribution in [1.29, 1.82) is 0 Å². The summed E-state index contributed by atoms with van der Waals surface area (Å²) >= 11 is 3.05. The van der Waals surface area contributed by atoms with Gasteiger partial charge in [-0.2, -0.15) is 0 Å². The Morgan fingerprint density at radius 2 is 1.59 bits per heavy atom. The van der Waals surface area contributed by atoms with Gasteiger partial charge in [0.05, 0.1) is 29.8 Å². The minimum atomic E-state index is -1.63. The number of fused-ring (bicyclic) bond motifs is 7. The topological polar surface area (TPSA) is 295 Å². The van der Waals surface area contributed by atoms with Crippen molar-refractivity contribution >= 4 is 57.2 Å². The zero-order chi connectivity index (χ0) is 56.4. The molecule has 11 rings (SSSR count). The second-order valence-corrected chi connectivity index (χ2v) is 24.5. The molecule has 2 bridgehead atoms. The Bertz CT molecular complexity index is 2780. The molecule has 2 saturated heterocycles. The van der Waals surface area contributed by atoms with E-state index in [0.29, 0.717) is 18.4 Å². The minimum absolute atomic E-state index is 0.0000744. The third-order valence-corrected chi connectivity index (χ3v) is 19.1. The highest BCUT2D eigenvalue weighted by atomic mass is 79.9. The molecule has 0 radical (unpaired) electrons. The number of likely N-dealkylation sites (N-methyl/N-ethyl adjacent to an activating group) is 2. The Balaban J connectivity index is 0.773. The fraction of sp³-hybridized carbons (Fsp3) is 0.614. The molecule has 8 fully saturated rings. The van der Waals surface area contributed by atoms with E-state index in [0.717, 1.165) is 43.2 Å². The van der Waals surface area contributed by atoms with Crippen molar-refractivity contribution in [3.05, 3.63) is 83.0 Å². The first-order valence-corrected chi connectivity index (χ1v) is 28.3. The van der Waals surface area contributed by atoms with Gasteiger partial charge in [-0.1, -0.05) is 71.8 Å². The maximum absolute atomic E-state index is 15.1. The number of carbonyl (C=O) groups is 6. The Morgan fingerprint density at radius 1 is 0.899 bits per heavy atom. The number of nitrogens with one attached hydrogen (secondary N) is 2. The molecule has 2 aromatic carbocycles. The number of alkyl halides is 1. The average Bonchev–Trinajstić information content (AvgIpc) is 3.01. The molecule has 8 N–H and O–H groups in total. The number of ketones is 2. The standard InChI is InChI=1S/C57H72BrN5O16/c1-53-15-13-35(64)20-34(53)10-11-36-37-21-43-57(54(37,2)23-39(65)46(36)53,79-49(78-43)33-8-5-31(6-9-33)22-55-28-56(59,29-55)30-55)42(67)27-76-52(73)63(4)18-17-62(3)51(72)75-25-32-7-12-41(77-50-48(71)47(70)40(66)26-74-50)38(19-32)61-44(68)14-16-60-45(69)24-58/h5-9,12-13,15,19-20,36-37,39-40,43,46-50,65-66,70-71H,10-11,14,16-18,21-30,59H2,1-4H3,(H,60,69)(H,61,68)/t36-,37-,39-,40+,43+,46+,47-,48+,49+,50-,53-,54-,55?,56?,57+/m0/s1. The van der Waals surface area contributed by atoms with E-state index in [9.17, 15) is 44.4 Å². The van der Waals surface area contributed by atoms with E-state index in [1.54, 1.807) is 12.2 Å². The Hall–Kier alpha value is -5.30. The lowest BCUT2D eigenvalue weighted by molar-refractivity contribution is -0.241. The van der Waals surface area contributed by atoms with E-state index in [4.69, 9.17) is 34.2 Å². The van der Waals surface area contributed by atoms with Crippen molar-refractivity contribution in [2.75, 3.05) is 57.6 Å². The molecule has 7 aliphatic carbocycles. The number of Topliss-reactive ketones (excluding diaryl/α,β-unsaturated/α-hetero) is 1. The fourth-order valence-electron chi connectivity index (χ4n) is 14.7. The van der Waals surface area contributed by atoms with Gasteiger partial charge in [-0.3, -0.25) is 19.2 Å². The van der Waals surface area contributed by atoms with Crippen LogP contribution in [-0.2, 0) is 55.9 Å². The lowest BCUT2D eigenvalue weighted by atomic mass is 9.38.